The summed E-state index contributed by atoms with van der Waals surface area (Å²) in [5.74, 6) is 0. The first-order chi connectivity index (χ1) is 4.48. The van der Waals surface area contributed by atoms with Crippen molar-refractivity contribution in [1.82, 2.24) is 0 Å². The number of rotatable bonds is 4. The monoisotopic (exact) mass is 146 g/mol. The van der Waals surface area contributed by atoms with Crippen LogP contribution in [0.1, 0.15) is 34.1 Å². The predicted molar refractivity (Wildman–Crippen MR) is 42.0 cm³/mol. The lowest BCUT2D eigenvalue weighted by molar-refractivity contribution is -0.0563. The molecule has 0 aliphatic heterocycles. The lowest BCUT2D eigenvalue weighted by atomic mass is 10.1. The Morgan fingerprint density at radius 3 is 2.30 bits per heavy atom. The normalized spacial score (nSPS) is 15.3. The van der Waals surface area contributed by atoms with Crippen molar-refractivity contribution < 1.29 is 9.84 Å². The van der Waals surface area contributed by atoms with Crippen LogP contribution >= 0.6 is 0 Å². The van der Waals surface area contributed by atoms with Gasteiger partial charge in [-0.05, 0) is 27.2 Å². The fraction of sp³-hybridized carbons (Fsp3) is 1.00. The van der Waals surface area contributed by atoms with Gasteiger partial charge in [-0.25, -0.2) is 0 Å². The van der Waals surface area contributed by atoms with Crippen LogP contribution in [0.3, 0.4) is 0 Å². The van der Waals surface area contributed by atoms with Gasteiger partial charge in [0, 0.05) is 0 Å². The highest BCUT2D eigenvalue weighted by atomic mass is 16.5. The van der Waals surface area contributed by atoms with Crippen molar-refractivity contribution in [2.75, 3.05) is 6.61 Å². The molecule has 0 bridgehead atoms. The summed E-state index contributed by atoms with van der Waals surface area (Å²) >= 11 is 0. The highest BCUT2D eigenvalue weighted by molar-refractivity contribution is 4.65. The molecule has 2 heteroatoms. The van der Waals surface area contributed by atoms with Crippen LogP contribution in [-0.2, 0) is 4.74 Å². The Hall–Kier alpha value is -0.0800. The van der Waals surface area contributed by atoms with Crippen LogP contribution in [0.4, 0.5) is 0 Å². The fourth-order valence-electron chi connectivity index (χ4n) is 0.448. The Bertz CT molecular complexity index is 87.3. The molecule has 0 fully saturated rings. The summed E-state index contributed by atoms with van der Waals surface area (Å²) in [4.78, 5) is 0. The highest BCUT2D eigenvalue weighted by Crippen LogP contribution is 2.13. The second-order valence-electron chi connectivity index (χ2n) is 3.27. The van der Waals surface area contributed by atoms with Crippen LogP contribution in [0.2, 0.25) is 0 Å². The largest absolute Gasteiger partial charge is 0.391 e. The maximum absolute atomic E-state index is 8.89. The third-order valence-electron chi connectivity index (χ3n) is 1.57. The Labute approximate surface area is 63.2 Å². The van der Waals surface area contributed by atoms with E-state index in [2.05, 4.69) is 6.92 Å². The molecule has 0 unspecified atom stereocenters. The molecule has 10 heavy (non-hydrogen) atoms. The smallest absolute Gasteiger partial charge is 0.0745 e. The molecule has 2 nitrogen and oxygen atoms in total. The van der Waals surface area contributed by atoms with E-state index in [1.54, 1.807) is 6.92 Å². The minimum absolute atomic E-state index is 0.0863. The van der Waals surface area contributed by atoms with E-state index in [-0.39, 0.29) is 11.7 Å². The van der Waals surface area contributed by atoms with Gasteiger partial charge in [-0.3, -0.25) is 0 Å². The summed E-state index contributed by atoms with van der Waals surface area (Å²) in [5.41, 5.74) is -0.0863. The molecule has 0 aliphatic carbocycles. The van der Waals surface area contributed by atoms with Gasteiger partial charge in [0.25, 0.3) is 0 Å². The van der Waals surface area contributed by atoms with Crippen molar-refractivity contribution in [2.24, 2.45) is 0 Å². The molecule has 1 N–H and O–H groups in total. The summed E-state index contributed by atoms with van der Waals surface area (Å²) in [6.07, 6.45) is 0.616. The third-order valence-corrected chi connectivity index (χ3v) is 1.57. The molecule has 0 rings (SSSR count). The molecule has 0 aliphatic rings. The molecule has 62 valence electrons. The van der Waals surface area contributed by atoms with Gasteiger partial charge in [-0.2, -0.15) is 0 Å². The molecule has 0 aromatic heterocycles. The minimum Gasteiger partial charge on any atom is -0.391 e. The summed E-state index contributed by atoms with van der Waals surface area (Å²) in [7, 11) is 0. The van der Waals surface area contributed by atoms with Crippen molar-refractivity contribution in [3.63, 3.8) is 0 Å². The molecule has 0 aromatic carbocycles. The Morgan fingerprint density at radius 2 is 2.00 bits per heavy atom. The van der Waals surface area contributed by atoms with Crippen molar-refractivity contribution in [3.05, 3.63) is 0 Å². The lowest BCUT2D eigenvalue weighted by Crippen LogP contribution is -2.27. The quantitative estimate of drug-likeness (QED) is 0.652. The standard InChI is InChI=1S/C8H18O2/c1-5-8(3,4)10-6-7(2)9/h7,9H,5-6H2,1-4H3/t7-/m1/s1. The van der Waals surface area contributed by atoms with Gasteiger partial charge in [-0.1, -0.05) is 6.92 Å². The van der Waals surface area contributed by atoms with Crippen LogP contribution in [0.5, 0.6) is 0 Å². The van der Waals surface area contributed by atoms with E-state index in [9.17, 15) is 0 Å². The first-order valence-electron chi connectivity index (χ1n) is 3.80. The molecular weight excluding hydrogens is 128 g/mol. The molecule has 0 heterocycles. The third kappa shape index (κ3) is 4.77. The molecule has 0 aromatic rings. The Balaban J connectivity index is 3.46. The summed E-state index contributed by atoms with van der Waals surface area (Å²) in [6.45, 7) is 8.28. The average Bonchev–Trinajstić information content (AvgIpc) is 1.85. The van der Waals surface area contributed by atoms with Crippen LogP contribution in [0.25, 0.3) is 0 Å². The molecule has 0 radical (unpaired) electrons. The van der Waals surface area contributed by atoms with E-state index in [4.69, 9.17) is 9.84 Å². The van der Waals surface area contributed by atoms with Gasteiger partial charge < -0.3 is 9.84 Å². The lowest BCUT2D eigenvalue weighted by Gasteiger charge is -2.24. The fourth-order valence-corrected chi connectivity index (χ4v) is 0.448. The van der Waals surface area contributed by atoms with Crippen LogP contribution in [-0.4, -0.2) is 23.4 Å². The van der Waals surface area contributed by atoms with E-state index in [1.165, 1.54) is 0 Å². The van der Waals surface area contributed by atoms with E-state index in [1.807, 2.05) is 13.8 Å². The van der Waals surface area contributed by atoms with Gasteiger partial charge in [0.05, 0.1) is 18.3 Å². The molecule has 0 saturated heterocycles. The van der Waals surface area contributed by atoms with Gasteiger partial charge in [0.2, 0.25) is 0 Å². The maximum Gasteiger partial charge on any atom is 0.0745 e. The predicted octanol–water partition coefficient (Wildman–Crippen LogP) is 1.57. The van der Waals surface area contributed by atoms with Gasteiger partial charge >= 0.3 is 0 Å². The zero-order chi connectivity index (χ0) is 8.20. The summed E-state index contributed by atoms with van der Waals surface area (Å²) < 4.78 is 5.39. The SMILES string of the molecule is CCC(C)(C)OC[C@@H](C)O. The van der Waals surface area contributed by atoms with Crippen molar-refractivity contribution >= 4 is 0 Å². The minimum atomic E-state index is -0.356. The molecule has 1 atom stereocenters. The first-order valence-corrected chi connectivity index (χ1v) is 3.80. The van der Waals surface area contributed by atoms with Gasteiger partial charge in [-0.15, -0.1) is 0 Å². The molecule has 0 saturated carbocycles. The van der Waals surface area contributed by atoms with Crippen LogP contribution < -0.4 is 0 Å². The number of ether oxygens (including phenoxy) is 1. The Morgan fingerprint density at radius 1 is 1.50 bits per heavy atom. The van der Waals surface area contributed by atoms with Crippen molar-refractivity contribution in [3.8, 4) is 0 Å². The molecule has 0 amide bonds. The van der Waals surface area contributed by atoms with E-state index in [0.29, 0.717) is 6.61 Å². The zero-order valence-electron chi connectivity index (χ0n) is 7.35. The maximum atomic E-state index is 8.89. The number of hydrogen-bond donors (Lipinski definition) is 1. The van der Waals surface area contributed by atoms with Gasteiger partial charge in [0.15, 0.2) is 0 Å². The van der Waals surface area contributed by atoms with Crippen LogP contribution in [0.15, 0.2) is 0 Å². The van der Waals surface area contributed by atoms with Crippen molar-refractivity contribution in [2.45, 2.75) is 45.8 Å². The van der Waals surface area contributed by atoms with Crippen molar-refractivity contribution in [1.29, 1.82) is 0 Å². The van der Waals surface area contributed by atoms with E-state index >= 15 is 0 Å². The molecule has 0 spiro atoms. The number of aliphatic hydroxyl groups excluding tert-OH is 1. The highest BCUT2D eigenvalue weighted by Gasteiger charge is 2.15. The summed E-state index contributed by atoms with van der Waals surface area (Å²) in [5, 5.41) is 8.89. The Kier molecular flexibility index (Phi) is 3.91. The van der Waals surface area contributed by atoms with E-state index < -0.39 is 0 Å². The van der Waals surface area contributed by atoms with Gasteiger partial charge in [0.1, 0.15) is 0 Å². The van der Waals surface area contributed by atoms with E-state index in [0.717, 1.165) is 6.42 Å². The number of aliphatic hydroxyl groups is 1. The molecular formula is C8H18O2. The summed E-state index contributed by atoms with van der Waals surface area (Å²) in [6, 6.07) is 0. The zero-order valence-corrected chi connectivity index (χ0v) is 7.35. The average molecular weight is 146 g/mol. The first kappa shape index (κ1) is 9.92. The second-order valence-corrected chi connectivity index (χ2v) is 3.27. The second kappa shape index (κ2) is 3.94. The number of hydrogen-bond acceptors (Lipinski definition) is 2. The van der Waals surface area contributed by atoms with Crippen LogP contribution in [0, 0.1) is 0 Å². The topological polar surface area (TPSA) is 29.5 Å².